The lowest BCUT2D eigenvalue weighted by molar-refractivity contribution is -0.145. The first kappa shape index (κ1) is 12.5. The molecule has 0 atom stereocenters. The Kier molecular flexibility index (Phi) is 3.67. The van der Waals surface area contributed by atoms with E-state index in [-0.39, 0.29) is 12.0 Å². The van der Waals surface area contributed by atoms with E-state index in [4.69, 9.17) is 4.74 Å². The molecule has 1 aliphatic heterocycles. The zero-order chi connectivity index (χ0) is 13.1. The van der Waals surface area contributed by atoms with Crippen LogP contribution in [0.3, 0.4) is 0 Å². The van der Waals surface area contributed by atoms with Gasteiger partial charge in [-0.05, 0) is 18.9 Å². The van der Waals surface area contributed by atoms with Crippen LogP contribution in [0.1, 0.15) is 32.1 Å². The third kappa shape index (κ3) is 2.88. The van der Waals surface area contributed by atoms with E-state index in [0.717, 1.165) is 12.8 Å². The summed E-state index contributed by atoms with van der Waals surface area (Å²) in [5, 5.41) is 0. The molecule has 1 aliphatic carbocycles. The van der Waals surface area contributed by atoms with E-state index in [1.165, 1.54) is 19.3 Å². The summed E-state index contributed by atoms with van der Waals surface area (Å²) in [5.41, 5.74) is 0. The van der Waals surface area contributed by atoms with E-state index in [1.807, 2.05) is 23.1 Å². The standard InChI is InChI=1S/C15H20N2O2/c18-15(12-6-2-1-3-7-12)17-10-13(11-17)19-14-8-4-5-9-16-14/h4-5,8-9,12-13H,1-3,6-7,10-11H2. The van der Waals surface area contributed by atoms with Crippen molar-refractivity contribution in [3.8, 4) is 5.88 Å². The number of hydrogen-bond donors (Lipinski definition) is 0. The smallest absolute Gasteiger partial charge is 0.225 e. The molecule has 1 saturated carbocycles. The number of carbonyl (C=O) groups is 1. The van der Waals surface area contributed by atoms with Crippen molar-refractivity contribution in [2.45, 2.75) is 38.2 Å². The molecule has 0 spiro atoms. The molecule has 3 rings (SSSR count). The Hall–Kier alpha value is -1.58. The van der Waals surface area contributed by atoms with Crippen LogP contribution in [-0.2, 0) is 4.79 Å². The summed E-state index contributed by atoms with van der Waals surface area (Å²) in [6, 6.07) is 5.63. The molecule has 1 aromatic rings. The molecule has 1 amide bonds. The van der Waals surface area contributed by atoms with Crippen LogP contribution in [0.5, 0.6) is 5.88 Å². The number of ether oxygens (including phenoxy) is 1. The number of nitrogens with zero attached hydrogens (tertiary/aromatic N) is 2. The van der Waals surface area contributed by atoms with Gasteiger partial charge in [-0.25, -0.2) is 4.98 Å². The van der Waals surface area contributed by atoms with Crippen LogP contribution in [0.4, 0.5) is 0 Å². The molecule has 2 heterocycles. The highest BCUT2D eigenvalue weighted by molar-refractivity contribution is 5.79. The molecule has 1 aromatic heterocycles. The lowest BCUT2D eigenvalue weighted by atomic mass is 9.87. The number of rotatable bonds is 3. The first-order chi connectivity index (χ1) is 9.33. The molecule has 0 N–H and O–H groups in total. The zero-order valence-corrected chi connectivity index (χ0v) is 11.1. The highest BCUT2D eigenvalue weighted by Crippen LogP contribution is 2.27. The minimum absolute atomic E-state index is 0.113. The van der Waals surface area contributed by atoms with Crippen LogP contribution in [0, 0.1) is 5.92 Å². The lowest BCUT2D eigenvalue weighted by Crippen LogP contribution is -2.57. The predicted octanol–water partition coefficient (Wildman–Crippen LogP) is 2.25. The topological polar surface area (TPSA) is 42.4 Å². The van der Waals surface area contributed by atoms with E-state index in [1.54, 1.807) is 6.20 Å². The number of hydrogen-bond acceptors (Lipinski definition) is 3. The SMILES string of the molecule is O=C(C1CCCCC1)N1CC(Oc2ccccn2)C1. The first-order valence-corrected chi connectivity index (χ1v) is 7.19. The molecular formula is C15H20N2O2. The van der Waals surface area contributed by atoms with Crippen molar-refractivity contribution in [2.75, 3.05) is 13.1 Å². The maximum Gasteiger partial charge on any atom is 0.225 e. The minimum atomic E-state index is 0.113. The second kappa shape index (κ2) is 5.59. The van der Waals surface area contributed by atoms with Crippen molar-refractivity contribution in [2.24, 2.45) is 5.92 Å². The molecule has 19 heavy (non-hydrogen) atoms. The molecule has 102 valence electrons. The van der Waals surface area contributed by atoms with Crippen molar-refractivity contribution in [3.05, 3.63) is 24.4 Å². The molecule has 0 unspecified atom stereocenters. The summed E-state index contributed by atoms with van der Waals surface area (Å²) < 4.78 is 5.71. The van der Waals surface area contributed by atoms with Gasteiger partial charge in [0.05, 0.1) is 13.1 Å². The van der Waals surface area contributed by atoms with Crippen molar-refractivity contribution >= 4 is 5.91 Å². The van der Waals surface area contributed by atoms with Crippen LogP contribution in [0.2, 0.25) is 0 Å². The molecule has 1 saturated heterocycles. The van der Waals surface area contributed by atoms with Gasteiger partial charge in [-0.15, -0.1) is 0 Å². The van der Waals surface area contributed by atoms with Crippen LogP contribution in [0.15, 0.2) is 24.4 Å². The Labute approximate surface area is 113 Å². The second-order valence-electron chi connectivity index (χ2n) is 5.49. The zero-order valence-electron chi connectivity index (χ0n) is 11.1. The summed E-state index contributed by atoms with van der Waals surface area (Å²) in [6.07, 6.45) is 7.68. The average Bonchev–Trinajstić information content (AvgIpc) is 2.44. The first-order valence-electron chi connectivity index (χ1n) is 7.19. The minimum Gasteiger partial charge on any atom is -0.471 e. The van der Waals surface area contributed by atoms with Crippen molar-refractivity contribution in [1.29, 1.82) is 0 Å². The molecule has 4 nitrogen and oxygen atoms in total. The van der Waals surface area contributed by atoms with E-state index >= 15 is 0 Å². The highest BCUT2D eigenvalue weighted by atomic mass is 16.5. The van der Waals surface area contributed by atoms with Gasteiger partial charge in [-0.3, -0.25) is 4.79 Å². The summed E-state index contributed by atoms with van der Waals surface area (Å²) in [6.45, 7) is 1.43. The fourth-order valence-electron chi connectivity index (χ4n) is 2.89. The van der Waals surface area contributed by atoms with Gasteiger partial charge < -0.3 is 9.64 Å². The van der Waals surface area contributed by atoms with E-state index in [2.05, 4.69) is 4.98 Å². The average molecular weight is 260 g/mol. The van der Waals surface area contributed by atoms with E-state index < -0.39 is 0 Å². The van der Waals surface area contributed by atoms with Gasteiger partial charge in [0, 0.05) is 18.2 Å². The van der Waals surface area contributed by atoms with Gasteiger partial charge in [-0.1, -0.05) is 25.3 Å². The Bertz CT molecular complexity index is 423. The molecule has 0 aromatic carbocycles. The largest absolute Gasteiger partial charge is 0.471 e. The quantitative estimate of drug-likeness (QED) is 0.837. The van der Waals surface area contributed by atoms with Crippen molar-refractivity contribution < 1.29 is 9.53 Å². The molecule has 0 bridgehead atoms. The third-order valence-electron chi connectivity index (χ3n) is 4.04. The Morgan fingerprint density at radius 3 is 2.68 bits per heavy atom. The Morgan fingerprint density at radius 1 is 1.21 bits per heavy atom. The normalized spacial score (nSPS) is 20.9. The van der Waals surface area contributed by atoms with Crippen molar-refractivity contribution in [1.82, 2.24) is 9.88 Å². The van der Waals surface area contributed by atoms with Crippen LogP contribution >= 0.6 is 0 Å². The fraction of sp³-hybridized carbons (Fsp3) is 0.600. The maximum atomic E-state index is 12.2. The summed E-state index contributed by atoms with van der Waals surface area (Å²) in [7, 11) is 0. The third-order valence-corrected chi connectivity index (χ3v) is 4.04. The fourth-order valence-corrected chi connectivity index (χ4v) is 2.89. The maximum absolute atomic E-state index is 12.2. The summed E-state index contributed by atoms with van der Waals surface area (Å²) in [5.74, 6) is 1.25. The van der Waals surface area contributed by atoms with Gasteiger partial charge >= 0.3 is 0 Å². The second-order valence-corrected chi connectivity index (χ2v) is 5.49. The molecular weight excluding hydrogens is 240 g/mol. The van der Waals surface area contributed by atoms with Gasteiger partial charge in [0.1, 0.15) is 6.10 Å². The van der Waals surface area contributed by atoms with Gasteiger partial charge in [0.2, 0.25) is 11.8 Å². The Balaban J connectivity index is 1.46. The van der Waals surface area contributed by atoms with Crippen molar-refractivity contribution in [3.63, 3.8) is 0 Å². The van der Waals surface area contributed by atoms with E-state index in [0.29, 0.717) is 24.9 Å². The van der Waals surface area contributed by atoms with Gasteiger partial charge in [0.25, 0.3) is 0 Å². The van der Waals surface area contributed by atoms with Crippen LogP contribution in [-0.4, -0.2) is 35.0 Å². The van der Waals surface area contributed by atoms with Crippen LogP contribution < -0.4 is 4.74 Å². The number of carbonyl (C=O) groups excluding carboxylic acids is 1. The Morgan fingerprint density at radius 2 is 2.00 bits per heavy atom. The summed E-state index contributed by atoms with van der Waals surface area (Å²) >= 11 is 0. The summed E-state index contributed by atoms with van der Waals surface area (Å²) in [4.78, 5) is 18.3. The van der Waals surface area contributed by atoms with Crippen LogP contribution in [0.25, 0.3) is 0 Å². The molecule has 4 heteroatoms. The van der Waals surface area contributed by atoms with Gasteiger partial charge in [0.15, 0.2) is 0 Å². The predicted molar refractivity (Wildman–Crippen MR) is 71.8 cm³/mol. The molecule has 0 radical (unpaired) electrons. The number of aromatic nitrogens is 1. The number of pyridine rings is 1. The molecule has 2 fully saturated rings. The lowest BCUT2D eigenvalue weighted by Gasteiger charge is -2.41. The number of amides is 1. The van der Waals surface area contributed by atoms with E-state index in [9.17, 15) is 4.79 Å². The van der Waals surface area contributed by atoms with Gasteiger partial charge in [-0.2, -0.15) is 0 Å². The highest BCUT2D eigenvalue weighted by Gasteiger charge is 2.36. The molecule has 2 aliphatic rings. The number of likely N-dealkylation sites (tertiary alicyclic amines) is 1. The monoisotopic (exact) mass is 260 g/mol.